The van der Waals surface area contributed by atoms with Crippen LogP contribution in [0.2, 0.25) is 0 Å². The molecule has 1 aliphatic heterocycles. The van der Waals surface area contributed by atoms with Gasteiger partial charge in [0.1, 0.15) is 5.72 Å². The molecule has 0 radical (unpaired) electrons. The predicted molar refractivity (Wildman–Crippen MR) is 78.4 cm³/mol. The quantitative estimate of drug-likeness (QED) is 0.826. The number of benzene rings is 1. The minimum Gasteiger partial charge on any atom is -0.353 e. The largest absolute Gasteiger partial charge is 0.353 e. The molecule has 2 fully saturated rings. The number of carbonyl (C=O) groups is 1. The van der Waals surface area contributed by atoms with E-state index in [0.717, 1.165) is 31.2 Å². The van der Waals surface area contributed by atoms with E-state index in [-0.39, 0.29) is 17.7 Å². The van der Waals surface area contributed by atoms with Crippen LogP contribution in [0.25, 0.3) is 0 Å². The molecule has 1 saturated carbocycles. The van der Waals surface area contributed by atoms with Gasteiger partial charge in [0.25, 0.3) is 5.91 Å². The fourth-order valence-electron chi connectivity index (χ4n) is 3.55. The van der Waals surface area contributed by atoms with Gasteiger partial charge in [-0.05, 0) is 43.7 Å². The Balaban J connectivity index is 1.95. The molecule has 3 heteroatoms. The summed E-state index contributed by atoms with van der Waals surface area (Å²) in [6, 6.07) is 9.80. The second-order valence-electron chi connectivity index (χ2n) is 6.32. The fourth-order valence-corrected chi connectivity index (χ4v) is 3.55. The van der Waals surface area contributed by atoms with Crippen LogP contribution in [0.15, 0.2) is 30.3 Å². The van der Waals surface area contributed by atoms with Crippen molar-refractivity contribution in [3.05, 3.63) is 35.9 Å². The second-order valence-corrected chi connectivity index (χ2v) is 6.32. The third kappa shape index (κ3) is 2.14. The molecule has 20 heavy (non-hydrogen) atoms. The zero-order chi connectivity index (χ0) is 14.2. The lowest BCUT2D eigenvalue weighted by Crippen LogP contribution is -2.51. The summed E-state index contributed by atoms with van der Waals surface area (Å²) in [6.45, 7) is 5.02. The Morgan fingerprint density at radius 1 is 1.25 bits per heavy atom. The average molecular weight is 273 g/mol. The molecule has 0 unspecified atom stereocenters. The van der Waals surface area contributed by atoms with Gasteiger partial charge in [-0.2, -0.15) is 0 Å². The molecular weight excluding hydrogens is 250 g/mol. The predicted octanol–water partition coefficient (Wildman–Crippen LogP) is 3.45. The molecule has 1 aromatic carbocycles. The third-order valence-corrected chi connectivity index (χ3v) is 4.69. The summed E-state index contributed by atoms with van der Waals surface area (Å²) >= 11 is 0. The van der Waals surface area contributed by atoms with Gasteiger partial charge in [0.15, 0.2) is 0 Å². The summed E-state index contributed by atoms with van der Waals surface area (Å²) in [7, 11) is 0. The number of hydrogen-bond acceptors (Lipinski definition) is 2. The van der Waals surface area contributed by atoms with Crippen LogP contribution in [0.1, 0.15) is 49.9 Å². The van der Waals surface area contributed by atoms with Crippen molar-refractivity contribution in [3.63, 3.8) is 0 Å². The number of ether oxygens (including phenoxy) is 1. The molecule has 1 amide bonds. The number of carbonyl (C=O) groups excluding carboxylic acids is 1. The van der Waals surface area contributed by atoms with E-state index in [9.17, 15) is 4.79 Å². The smallest absolute Gasteiger partial charge is 0.256 e. The maximum atomic E-state index is 13.0. The van der Waals surface area contributed by atoms with Gasteiger partial charge in [-0.3, -0.25) is 4.79 Å². The van der Waals surface area contributed by atoms with Crippen molar-refractivity contribution in [1.29, 1.82) is 0 Å². The second kappa shape index (κ2) is 5.21. The normalized spacial score (nSPS) is 24.8. The van der Waals surface area contributed by atoms with Gasteiger partial charge in [0, 0.05) is 5.56 Å². The first-order chi connectivity index (χ1) is 9.64. The van der Waals surface area contributed by atoms with E-state index in [2.05, 4.69) is 18.7 Å². The number of nitrogens with zero attached hydrogens (tertiary/aromatic N) is 1. The zero-order valence-electron chi connectivity index (χ0n) is 12.3. The molecule has 3 rings (SSSR count). The van der Waals surface area contributed by atoms with Crippen molar-refractivity contribution >= 4 is 5.91 Å². The van der Waals surface area contributed by atoms with E-state index in [1.165, 1.54) is 0 Å². The summed E-state index contributed by atoms with van der Waals surface area (Å²) in [5, 5.41) is 0. The Kier molecular flexibility index (Phi) is 3.55. The third-order valence-electron chi connectivity index (χ3n) is 4.69. The molecule has 1 saturated heterocycles. The van der Waals surface area contributed by atoms with E-state index in [1.54, 1.807) is 0 Å². The molecule has 0 aromatic heterocycles. The van der Waals surface area contributed by atoms with Crippen molar-refractivity contribution in [2.45, 2.75) is 51.3 Å². The number of amides is 1. The van der Waals surface area contributed by atoms with Crippen molar-refractivity contribution in [3.8, 4) is 0 Å². The van der Waals surface area contributed by atoms with Gasteiger partial charge in [-0.1, -0.05) is 32.0 Å². The van der Waals surface area contributed by atoms with Gasteiger partial charge in [0.2, 0.25) is 0 Å². The van der Waals surface area contributed by atoms with Crippen LogP contribution in [0.5, 0.6) is 0 Å². The lowest BCUT2D eigenvalue weighted by Gasteiger charge is -2.37. The van der Waals surface area contributed by atoms with Crippen molar-refractivity contribution in [1.82, 2.24) is 4.90 Å². The Morgan fingerprint density at radius 3 is 2.50 bits per heavy atom. The topological polar surface area (TPSA) is 29.5 Å². The Bertz CT molecular complexity index is 477. The molecule has 1 spiro atoms. The molecule has 1 aromatic rings. The summed E-state index contributed by atoms with van der Waals surface area (Å²) in [5.74, 6) is 0.548. The highest BCUT2D eigenvalue weighted by atomic mass is 16.5. The lowest BCUT2D eigenvalue weighted by atomic mass is 10.00. The van der Waals surface area contributed by atoms with Crippen molar-refractivity contribution in [2.75, 3.05) is 6.61 Å². The fraction of sp³-hybridized carbons (Fsp3) is 0.588. The Morgan fingerprint density at radius 2 is 1.90 bits per heavy atom. The monoisotopic (exact) mass is 273 g/mol. The van der Waals surface area contributed by atoms with E-state index in [0.29, 0.717) is 12.5 Å². The highest BCUT2D eigenvalue weighted by molar-refractivity contribution is 5.95. The minimum atomic E-state index is -0.331. The van der Waals surface area contributed by atoms with Crippen LogP contribution in [0, 0.1) is 5.92 Å². The van der Waals surface area contributed by atoms with Gasteiger partial charge in [0.05, 0.1) is 12.6 Å². The number of hydrogen-bond donors (Lipinski definition) is 0. The maximum absolute atomic E-state index is 13.0. The summed E-state index contributed by atoms with van der Waals surface area (Å²) in [4.78, 5) is 15.0. The molecule has 108 valence electrons. The number of rotatable bonds is 2. The Labute approximate surface area is 120 Å². The molecule has 1 atom stereocenters. The summed E-state index contributed by atoms with van der Waals surface area (Å²) in [5.41, 5.74) is 0.442. The van der Waals surface area contributed by atoms with Crippen molar-refractivity contribution in [2.24, 2.45) is 5.92 Å². The minimum absolute atomic E-state index is 0.128. The molecular formula is C17H23NO2. The molecule has 0 N–H and O–H groups in total. The highest BCUT2D eigenvalue weighted by Crippen LogP contribution is 2.44. The van der Waals surface area contributed by atoms with E-state index in [1.807, 2.05) is 30.3 Å². The van der Waals surface area contributed by atoms with Gasteiger partial charge >= 0.3 is 0 Å². The first-order valence-corrected chi connectivity index (χ1v) is 7.67. The van der Waals surface area contributed by atoms with Crippen LogP contribution in [-0.4, -0.2) is 29.2 Å². The van der Waals surface area contributed by atoms with Crippen LogP contribution in [-0.2, 0) is 4.74 Å². The summed E-state index contributed by atoms with van der Waals surface area (Å²) < 4.78 is 6.14. The molecule has 2 aliphatic rings. The van der Waals surface area contributed by atoms with Gasteiger partial charge in [-0.25, -0.2) is 0 Å². The Hall–Kier alpha value is -1.35. The first kappa shape index (κ1) is 13.6. The van der Waals surface area contributed by atoms with Crippen LogP contribution in [0.3, 0.4) is 0 Å². The van der Waals surface area contributed by atoms with Gasteiger partial charge in [-0.15, -0.1) is 0 Å². The summed E-state index contributed by atoms with van der Waals surface area (Å²) in [6.07, 6.45) is 4.27. The lowest BCUT2D eigenvalue weighted by molar-refractivity contribution is -0.0651. The van der Waals surface area contributed by atoms with Crippen LogP contribution >= 0.6 is 0 Å². The zero-order valence-corrected chi connectivity index (χ0v) is 12.3. The van der Waals surface area contributed by atoms with Gasteiger partial charge < -0.3 is 9.64 Å². The van der Waals surface area contributed by atoms with E-state index < -0.39 is 0 Å². The molecule has 1 aliphatic carbocycles. The standard InChI is InChI=1S/C17H23NO2/c1-13(2)15-12-20-17(10-6-7-11-17)18(15)16(19)14-8-4-3-5-9-14/h3-5,8-9,13,15H,6-7,10-12H2,1-2H3/t15-/m0/s1. The van der Waals surface area contributed by atoms with Crippen LogP contribution in [0.4, 0.5) is 0 Å². The SMILES string of the molecule is CC(C)[C@@H]1COC2(CCCC2)N1C(=O)c1ccccc1. The highest BCUT2D eigenvalue weighted by Gasteiger charge is 2.52. The molecule has 0 bridgehead atoms. The molecule has 3 nitrogen and oxygen atoms in total. The first-order valence-electron chi connectivity index (χ1n) is 7.67. The van der Waals surface area contributed by atoms with Crippen molar-refractivity contribution < 1.29 is 9.53 Å². The van der Waals surface area contributed by atoms with E-state index in [4.69, 9.17) is 4.74 Å². The van der Waals surface area contributed by atoms with E-state index >= 15 is 0 Å². The molecule has 1 heterocycles. The van der Waals surface area contributed by atoms with Crippen LogP contribution < -0.4 is 0 Å². The maximum Gasteiger partial charge on any atom is 0.256 e. The average Bonchev–Trinajstić information content (AvgIpc) is 3.07.